The van der Waals surface area contributed by atoms with Crippen molar-refractivity contribution in [2.24, 2.45) is 0 Å². The van der Waals surface area contributed by atoms with E-state index in [0.29, 0.717) is 28.2 Å². The third-order valence-corrected chi connectivity index (χ3v) is 4.65. The van der Waals surface area contributed by atoms with Crippen molar-refractivity contribution in [3.05, 3.63) is 40.6 Å². The maximum Gasteiger partial charge on any atom is 0.333 e. The molecule has 24 heavy (non-hydrogen) atoms. The molecule has 1 aliphatic heterocycles. The van der Waals surface area contributed by atoms with Gasteiger partial charge < -0.3 is 9.32 Å². The van der Waals surface area contributed by atoms with E-state index in [1.807, 2.05) is 19.1 Å². The monoisotopic (exact) mass is 337 g/mol. The number of aryl methyl sites for hydroxylation is 2. The minimum atomic E-state index is -2.70. The van der Waals surface area contributed by atoms with Crippen molar-refractivity contribution in [3.63, 3.8) is 0 Å². The first-order valence-electron chi connectivity index (χ1n) is 8.07. The van der Waals surface area contributed by atoms with Crippen LogP contribution in [0.2, 0.25) is 0 Å². The van der Waals surface area contributed by atoms with E-state index in [4.69, 9.17) is 4.42 Å². The number of hydrogen-bond donors (Lipinski definition) is 0. The Morgan fingerprint density at radius 1 is 1.38 bits per heavy atom. The van der Waals surface area contributed by atoms with Crippen LogP contribution in [0, 0.1) is 20.8 Å². The van der Waals surface area contributed by atoms with Gasteiger partial charge >= 0.3 is 6.55 Å². The number of alkyl halides is 2. The van der Waals surface area contributed by atoms with E-state index in [1.165, 1.54) is 0 Å². The number of furan rings is 1. The first-order valence-corrected chi connectivity index (χ1v) is 8.07. The van der Waals surface area contributed by atoms with Gasteiger partial charge in [-0.05, 0) is 45.7 Å². The van der Waals surface area contributed by atoms with Crippen LogP contribution in [0.3, 0.4) is 0 Å². The fourth-order valence-electron chi connectivity index (χ4n) is 3.39. The largest absolute Gasteiger partial charge is 0.464 e. The summed E-state index contributed by atoms with van der Waals surface area (Å²) in [6.45, 7) is 3.07. The summed E-state index contributed by atoms with van der Waals surface area (Å²) in [5.41, 5.74) is 1.41. The number of carbonyl (C=O) groups excluding carboxylic acids is 1. The summed E-state index contributed by atoms with van der Waals surface area (Å²) < 4.78 is 32.2. The molecule has 1 amide bonds. The number of halogens is 2. The Balaban J connectivity index is 1.80. The number of nitrogens with zero attached hydrogens (tertiary/aromatic N) is 3. The molecule has 5 nitrogen and oxygen atoms in total. The number of rotatable bonds is 4. The van der Waals surface area contributed by atoms with Crippen LogP contribution in [0.25, 0.3) is 0 Å². The van der Waals surface area contributed by atoms with Gasteiger partial charge in [-0.25, -0.2) is 4.68 Å². The summed E-state index contributed by atoms with van der Waals surface area (Å²) in [7, 11) is 0. The van der Waals surface area contributed by atoms with Crippen LogP contribution in [0.15, 0.2) is 16.5 Å². The van der Waals surface area contributed by atoms with Gasteiger partial charge in [0.2, 0.25) is 5.91 Å². The molecule has 2 aromatic rings. The predicted octanol–water partition coefficient (Wildman–Crippen LogP) is 3.70. The molecule has 0 N–H and O–H groups in total. The van der Waals surface area contributed by atoms with Gasteiger partial charge in [-0.1, -0.05) is 0 Å². The van der Waals surface area contributed by atoms with Crippen LogP contribution in [0.1, 0.15) is 53.9 Å². The highest BCUT2D eigenvalue weighted by atomic mass is 19.3. The van der Waals surface area contributed by atoms with Gasteiger partial charge in [0.25, 0.3) is 0 Å². The summed E-state index contributed by atoms with van der Waals surface area (Å²) in [5.74, 6) is 1.52. The zero-order chi connectivity index (χ0) is 17.4. The van der Waals surface area contributed by atoms with Crippen LogP contribution in [0.4, 0.5) is 8.78 Å². The minimum Gasteiger partial charge on any atom is -0.464 e. The average molecular weight is 337 g/mol. The number of hydrogen-bond acceptors (Lipinski definition) is 3. The highest BCUT2D eigenvalue weighted by Gasteiger charge is 2.33. The second-order valence-electron chi connectivity index (χ2n) is 6.24. The average Bonchev–Trinajstić information content (AvgIpc) is 3.21. The fraction of sp³-hybridized carbons (Fsp3) is 0.529. The number of likely N-dealkylation sites (tertiary alicyclic amines) is 1. The smallest absolute Gasteiger partial charge is 0.333 e. The molecule has 3 heterocycles. The lowest BCUT2D eigenvalue weighted by molar-refractivity contribution is -0.131. The summed E-state index contributed by atoms with van der Waals surface area (Å²) in [5, 5.41) is 3.85. The molecule has 130 valence electrons. The number of carbonyl (C=O) groups is 1. The first-order chi connectivity index (χ1) is 11.4. The molecule has 0 aliphatic carbocycles. The Hall–Kier alpha value is -2.18. The maximum atomic E-state index is 12.9. The number of amides is 1. The van der Waals surface area contributed by atoms with Crippen LogP contribution >= 0.6 is 0 Å². The molecule has 1 aliphatic rings. The SMILES string of the molecule is Cc1ccc([C@H]2CCCN2C(=O)Cc2c(C)nn(C(F)F)c2C)o1. The lowest BCUT2D eigenvalue weighted by atomic mass is 10.1. The van der Waals surface area contributed by atoms with E-state index < -0.39 is 6.55 Å². The zero-order valence-electron chi connectivity index (χ0n) is 14.1. The Morgan fingerprint density at radius 3 is 2.71 bits per heavy atom. The zero-order valence-corrected chi connectivity index (χ0v) is 14.1. The summed E-state index contributed by atoms with van der Waals surface area (Å²) >= 11 is 0. The van der Waals surface area contributed by atoms with Gasteiger partial charge in [0.1, 0.15) is 11.5 Å². The predicted molar refractivity (Wildman–Crippen MR) is 83.8 cm³/mol. The number of aromatic nitrogens is 2. The fourth-order valence-corrected chi connectivity index (χ4v) is 3.39. The quantitative estimate of drug-likeness (QED) is 0.855. The van der Waals surface area contributed by atoms with Gasteiger partial charge in [-0.2, -0.15) is 13.9 Å². The molecule has 1 fully saturated rings. The minimum absolute atomic E-state index is 0.0723. The molecule has 0 aromatic carbocycles. The van der Waals surface area contributed by atoms with Crippen LogP contribution in [-0.4, -0.2) is 27.1 Å². The van der Waals surface area contributed by atoms with E-state index >= 15 is 0 Å². The van der Waals surface area contributed by atoms with Gasteiger partial charge in [-0.3, -0.25) is 4.79 Å². The second-order valence-corrected chi connectivity index (χ2v) is 6.24. The molecular weight excluding hydrogens is 316 g/mol. The van der Waals surface area contributed by atoms with Gasteiger partial charge in [0.15, 0.2) is 0 Å². The molecule has 7 heteroatoms. The van der Waals surface area contributed by atoms with Crippen molar-refractivity contribution in [2.75, 3.05) is 6.54 Å². The summed E-state index contributed by atoms with van der Waals surface area (Å²) in [6, 6.07) is 3.71. The van der Waals surface area contributed by atoms with Crippen LogP contribution in [0.5, 0.6) is 0 Å². The Bertz CT molecular complexity index is 751. The Kier molecular flexibility index (Phi) is 4.43. The molecular formula is C17H21F2N3O2. The Labute approximate surface area is 139 Å². The molecule has 0 saturated carbocycles. The summed E-state index contributed by atoms with van der Waals surface area (Å²) in [6.07, 6.45) is 1.85. The molecule has 1 saturated heterocycles. The topological polar surface area (TPSA) is 51.3 Å². The highest BCUT2D eigenvalue weighted by molar-refractivity contribution is 5.80. The van der Waals surface area contributed by atoms with E-state index in [1.54, 1.807) is 18.7 Å². The third-order valence-electron chi connectivity index (χ3n) is 4.65. The third kappa shape index (κ3) is 2.95. The standard InChI is InChI=1S/C17H21F2N3O2/c1-10-6-7-15(24-10)14-5-4-8-21(14)16(23)9-13-11(2)20-22(12(13)3)17(18)19/h6-7,14,17H,4-5,8-9H2,1-3H3/t14-/m1/s1. The molecule has 1 atom stereocenters. The van der Waals surface area contributed by atoms with Crippen LogP contribution in [-0.2, 0) is 11.2 Å². The molecule has 0 radical (unpaired) electrons. The van der Waals surface area contributed by atoms with Crippen molar-refractivity contribution in [3.8, 4) is 0 Å². The molecule has 0 unspecified atom stereocenters. The first kappa shape index (κ1) is 16.7. The molecule has 0 spiro atoms. The molecule has 2 aromatic heterocycles. The van der Waals surface area contributed by atoms with Crippen LogP contribution < -0.4 is 0 Å². The van der Waals surface area contributed by atoms with Crippen molar-refractivity contribution in [1.29, 1.82) is 0 Å². The Morgan fingerprint density at radius 2 is 2.12 bits per heavy atom. The van der Waals surface area contributed by atoms with Gasteiger partial charge in [-0.15, -0.1) is 0 Å². The molecule has 0 bridgehead atoms. The highest BCUT2D eigenvalue weighted by Crippen LogP contribution is 2.33. The maximum absolute atomic E-state index is 12.9. The van der Waals surface area contributed by atoms with E-state index in [-0.39, 0.29) is 18.4 Å². The van der Waals surface area contributed by atoms with Gasteiger partial charge in [0.05, 0.1) is 18.2 Å². The van der Waals surface area contributed by atoms with Crippen molar-refractivity contribution in [2.45, 2.75) is 52.6 Å². The lowest BCUT2D eigenvalue weighted by Crippen LogP contribution is -2.32. The van der Waals surface area contributed by atoms with E-state index in [9.17, 15) is 13.6 Å². The van der Waals surface area contributed by atoms with E-state index in [0.717, 1.165) is 24.4 Å². The van der Waals surface area contributed by atoms with Gasteiger partial charge in [0, 0.05) is 17.8 Å². The van der Waals surface area contributed by atoms with Crippen molar-refractivity contribution < 1.29 is 18.0 Å². The van der Waals surface area contributed by atoms with Crippen molar-refractivity contribution >= 4 is 5.91 Å². The lowest BCUT2D eigenvalue weighted by Gasteiger charge is -2.23. The van der Waals surface area contributed by atoms with Crippen molar-refractivity contribution in [1.82, 2.24) is 14.7 Å². The van der Waals surface area contributed by atoms with E-state index in [2.05, 4.69) is 5.10 Å². The second kappa shape index (κ2) is 6.37. The normalized spacial score (nSPS) is 17.9. The summed E-state index contributed by atoms with van der Waals surface area (Å²) in [4.78, 5) is 14.5. The molecule has 3 rings (SSSR count).